The first-order valence-electron chi connectivity index (χ1n) is 5.16. The zero-order valence-corrected chi connectivity index (χ0v) is 10.1. The van der Waals surface area contributed by atoms with Gasteiger partial charge in [-0.3, -0.25) is 5.41 Å². The van der Waals surface area contributed by atoms with Crippen molar-refractivity contribution in [3.8, 4) is 0 Å². The molecule has 0 fully saturated rings. The lowest BCUT2D eigenvalue weighted by Crippen LogP contribution is -2.50. The third kappa shape index (κ3) is 6.76. The molecule has 0 radical (unpaired) electrons. The summed E-state index contributed by atoms with van der Waals surface area (Å²) in [5, 5.41) is 10.0. The van der Waals surface area contributed by atoms with E-state index in [1.807, 2.05) is 27.7 Å². The molecule has 0 aliphatic heterocycles. The molecule has 0 atom stereocenters. The molecule has 0 saturated carbocycles. The maximum Gasteiger partial charge on any atom is 0.318 e. The van der Waals surface area contributed by atoms with Crippen LogP contribution in [0.3, 0.4) is 0 Å². The van der Waals surface area contributed by atoms with Crippen LogP contribution in [0.4, 0.5) is 4.79 Å². The number of amidine groups is 1. The third-order valence-corrected chi connectivity index (χ3v) is 1.62. The Bertz CT molecular complexity index is 232. The number of rotatable bonds is 4. The normalized spacial score (nSPS) is 10.9. The Hall–Kier alpha value is -1.26. The summed E-state index contributed by atoms with van der Waals surface area (Å²) in [4.78, 5) is 13.3. The summed E-state index contributed by atoms with van der Waals surface area (Å²) in [7, 11) is 0. The van der Waals surface area contributed by atoms with E-state index in [1.54, 1.807) is 4.90 Å². The Morgan fingerprint density at radius 1 is 1.47 bits per heavy atom. The minimum Gasteiger partial charge on any atom is -0.386 e. The highest BCUT2D eigenvalue weighted by molar-refractivity contribution is 5.84. The molecule has 88 valence electrons. The predicted octanol–water partition coefficient (Wildman–Crippen LogP) is 1.14. The SMILES string of the molecule is CCCN(CC(=N)N)C(=O)NC(C)(C)C. The molecule has 0 rings (SSSR count). The molecule has 15 heavy (non-hydrogen) atoms. The van der Waals surface area contributed by atoms with Gasteiger partial charge in [-0.15, -0.1) is 0 Å². The number of nitrogens with one attached hydrogen (secondary N) is 2. The Labute approximate surface area is 91.5 Å². The van der Waals surface area contributed by atoms with Crippen LogP contribution in [0.25, 0.3) is 0 Å². The monoisotopic (exact) mass is 214 g/mol. The molecule has 0 aromatic rings. The van der Waals surface area contributed by atoms with Gasteiger partial charge in [0, 0.05) is 12.1 Å². The smallest absolute Gasteiger partial charge is 0.318 e. The Morgan fingerprint density at radius 2 is 2.00 bits per heavy atom. The van der Waals surface area contributed by atoms with E-state index in [9.17, 15) is 4.79 Å². The molecule has 0 heterocycles. The average Bonchev–Trinajstić information content (AvgIpc) is 1.99. The summed E-state index contributed by atoms with van der Waals surface area (Å²) in [5.41, 5.74) is 5.02. The van der Waals surface area contributed by atoms with Gasteiger partial charge in [-0.1, -0.05) is 6.92 Å². The molecular formula is C10H22N4O. The van der Waals surface area contributed by atoms with Crippen LogP contribution in [0.1, 0.15) is 34.1 Å². The van der Waals surface area contributed by atoms with E-state index in [1.165, 1.54) is 0 Å². The number of nitrogens with two attached hydrogens (primary N) is 1. The minimum atomic E-state index is -0.264. The van der Waals surface area contributed by atoms with Crippen LogP contribution in [-0.2, 0) is 0 Å². The van der Waals surface area contributed by atoms with Crippen LogP contribution in [-0.4, -0.2) is 35.4 Å². The zero-order valence-electron chi connectivity index (χ0n) is 10.1. The van der Waals surface area contributed by atoms with E-state index in [-0.39, 0.29) is 24.0 Å². The molecule has 2 amide bonds. The third-order valence-electron chi connectivity index (χ3n) is 1.62. The first-order valence-corrected chi connectivity index (χ1v) is 5.16. The maximum absolute atomic E-state index is 11.7. The standard InChI is InChI=1S/C10H22N4O/c1-5-6-14(7-8(11)12)9(15)13-10(2,3)4/h5-7H2,1-4H3,(H3,11,12)(H,13,15). The van der Waals surface area contributed by atoms with Gasteiger partial charge < -0.3 is 16.0 Å². The summed E-state index contributed by atoms with van der Waals surface area (Å²) in [5.74, 6) is 0.00695. The van der Waals surface area contributed by atoms with Crippen molar-refractivity contribution in [3.05, 3.63) is 0 Å². The predicted molar refractivity (Wildman–Crippen MR) is 62.1 cm³/mol. The van der Waals surface area contributed by atoms with Gasteiger partial charge in [0.2, 0.25) is 0 Å². The molecule has 0 unspecified atom stereocenters. The van der Waals surface area contributed by atoms with E-state index < -0.39 is 0 Å². The van der Waals surface area contributed by atoms with Crippen molar-refractivity contribution in [2.75, 3.05) is 13.1 Å². The molecular weight excluding hydrogens is 192 g/mol. The number of carbonyl (C=O) groups excluding carboxylic acids is 1. The molecule has 0 bridgehead atoms. The van der Waals surface area contributed by atoms with Gasteiger partial charge in [0.25, 0.3) is 0 Å². The molecule has 0 aromatic carbocycles. The quantitative estimate of drug-likeness (QED) is 0.484. The fourth-order valence-electron chi connectivity index (χ4n) is 1.13. The zero-order chi connectivity index (χ0) is 12.1. The van der Waals surface area contributed by atoms with Crippen molar-refractivity contribution in [2.45, 2.75) is 39.7 Å². The molecule has 0 aliphatic carbocycles. The van der Waals surface area contributed by atoms with Crippen LogP contribution in [0, 0.1) is 5.41 Å². The van der Waals surface area contributed by atoms with Gasteiger partial charge in [-0.25, -0.2) is 4.79 Å². The lowest BCUT2D eigenvalue weighted by atomic mass is 10.1. The molecule has 4 N–H and O–H groups in total. The molecule has 5 nitrogen and oxygen atoms in total. The summed E-state index contributed by atoms with van der Waals surface area (Å²) in [6.45, 7) is 8.54. The van der Waals surface area contributed by atoms with Crippen LogP contribution in [0.5, 0.6) is 0 Å². The van der Waals surface area contributed by atoms with Crippen molar-refractivity contribution < 1.29 is 4.79 Å². The topological polar surface area (TPSA) is 82.2 Å². The lowest BCUT2D eigenvalue weighted by molar-refractivity contribution is 0.195. The highest BCUT2D eigenvalue weighted by Crippen LogP contribution is 2.01. The van der Waals surface area contributed by atoms with Crippen LogP contribution < -0.4 is 11.1 Å². The minimum absolute atomic E-state index is 0.00695. The average molecular weight is 214 g/mol. The maximum atomic E-state index is 11.7. The summed E-state index contributed by atoms with van der Waals surface area (Å²) in [6.07, 6.45) is 0.852. The number of amides is 2. The van der Waals surface area contributed by atoms with Crippen molar-refractivity contribution >= 4 is 11.9 Å². The number of urea groups is 1. The van der Waals surface area contributed by atoms with Crippen LogP contribution >= 0.6 is 0 Å². The van der Waals surface area contributed by atoms with Gasteiger partial charge in [-0.05, 0) is 27.2 Å². The second-order valence-electron chi connectivity index (χ2n) is 4.63. The lowest BCUT2D eigenvalue weighted by Gasteiger charge is -2.27. The van der Waals surface area contributed by atoms with E-state index >= 15 is 0 Å². The number of hydrogen-bond acceptors (Lipinski definition) is 2. The second-order valence-corrected chi connectivity index (χ2v) is 4.63. The number of nitrogens with zero attached hydrogens (tertiary/aromatic N) is 1. The van der Waals surface area contributed by atoms with Gasteiger partial charge in [0.1, 0.15) is 5.84 Å². The van der Waals surface area contributed by atoms with Crippen molar-refractivity contribution in [1.29, 1.82) is 5.41 Å². The molecule has 0 saturated heterocycles. The van der Waals surface area contributed by atoms with Crippen LogP contribution in [0.15, 0.2) is 0 Å². The first-order chi connectivity index (χ1) is 6.76. The largest absolute Gasteiger partial charge is 0.386 e. The Morgan fingerprint density at radius 3 is 2.33 bits per heavy atom. The van der Waals surface area contributed by atoms with Crippen LogP contribution in [0.2, 0.25) is 0 Å². The first kappa shape index (κ1) is 13.7. The van der Waals surface area contributed by atoms with Crippen molar-refractivity contribution in [1.82, 2.24) is 10.2 Å². The molecule has 0 aromatic heterocycles. The number of hydrogen-bond donors (Lipinski definition) is 3. The second kappa shape index (κ2) is 5.58. The van der Waals surface area contributed by atoms with Gasteiger partial charge in [0.05, 0.1) is 6.54 Å². The summed E-state index contributed by atoms with van der Waals surface area (Å²) >= 11 is 0. The number of carbonyl (C=O) groups is 1. The fourth-order valence-corrected chi connectivity index (χ4v) is 1.13. The van der Waals surface area contributed by atoms with E-state index in [0.717, 1.165) is 6.42 Å². The van der Waals surface area contributed by atoms with Gasteiger partial charge in [-0.2, -0.15) is 0 Å². The Kier molecular flexibility index (Phi) is 5.11. The highest BCUT2D eigenvalue weighted by atomic mass is 16.2. The van der Waals surface area contributed by atoms with E-state index in [4.69, 9.17) is 11.1 Å². The fraction of sp³-hybridized carbons (Fsp3) is 0.800. The van der Waals surface area contributed by atoms with Crippen molar-refractivity contribution in [2.24, 2.45) is 5.73 Å². The van der Waals surface area contributed by atoms with Crippen molar-refractivity contribution in [3.63, 3.8) is 0 Å². The van der Waals surface area contributed by atoms with Gasteiger partial charge >= 0.3 is 6.03 Å². The summed E-state index contributed by atoms with van der Waals surface area (Å²) < 4.78 is 0. The summed E-state index contributed by atoms with van der Waals surface area (Å²) in [6, 6.07) is -0.167. The molecule has 0 spiro atoms. The molecule has 0 aliphatic rings. The Balaban J connectivity index is 4.35. The molecule has 5 heteroatoms. The van der Waals surface area contributed by atoms with E-state index in [2.05, 4.69) is 5.32 Å². The van der Waals surface area contributed by atoms with Gasteiger partial charge in [0.15, 0.2) is 0 Å². The highest BCUT2D eigenvalue weighted by Gasteiger charge is 2.19. The van der Waals surface area contributed by atoms with E-state index in [0.29, 0.717) is 6.54 Å².